The molecule has 1 aromatic heterocycles. The molecule has 120 valence electrons. The predicted octanol–water partition coefficient (Wildman–Crippen LogP) is 4.23. The highest BCUT2D eigenvalue weighted by Crippen LogP contribution is 2.42. The van der Waals surface area contributed by atoms with Crippen LogP contribution in [0.25, 0.3) is 10.1 Å². The van der Waals surface area contributed by atoms with E-state index < -0.39 is 10.3 Å². The number of thiophene rings is 1. The molecule has 1 aliphatic carbocycles. The Morgan fingerprint density at radius 1 is 1.18 bits per heavy atom. The fourth-order valence-corrected chi connectivity index (χ4v) is 5.03. The van der Waals surface area contributed by atoms with Crippen molar-refractivity contribution in [2.75, 3.05) is 0 Å². The SMILES string of the molecule is Cc1sc2cc(OS(N)(=O)=O)ccc2c1C1CCCCCC1. The Bertz CT molecular complexity index is 772. The average molecular weight is 339 g/mol. The summed E-state index contributed by atoms with van der Waals surface area (Å²) >= 11 is 1.70. The van der Waals surface area contributed by atoms with E-state index in [1.807, 2.05) is 6.07 Å². The lowest BCUT2D eigenvalue weighted by atomic mass is 9.90. The van der Waals surface area contributed by atoms with E-state index >= 15 is 0 Å². The second-order valence-corrected chi connectivity index (χ2v) is 8.40. The number of hydrogen-bond donors (Lipinski definition) is 1. The first kappa shape index (κ1) is 15.8. The van der Waals surface area contributed by atoms with Gasteiger partial charge in [0, 0.05) is 9.58 Å². The minimum Gasteiger partial charge on any atom is -0.371 e. The van der Waals surface area contributed by atoms with E-state index in [0.29, 0.717) is 5.92 Å². The van der Waals surface area contributed by atoms with Crippen LogP contribution in [0.3, 0.4) is 0 Å². The number of aryl methyl sites for hydroxylation is 1. The minimum absolute atomic E-state index is 0.281. The van der Waals surface area contributed by atoms with Crippen LogP contribution in [-0.2, 0) is 10.3 Å². The van der Waals surface area contributed by atoms with Crippen molar-refractivity contribution >= 4 is 31.7 Å². The van der Waals surface area contributed by atoms with Crippen LogP contribution in [-0.4, -0.2) is 8.42 Å². The van der Waals surface area contributed by atoms with Gasteiger partial charge < -0.3 is 4.18 Å². The number of benzene rings is 1. The third-order valence-corrected chi connectivity index (χ3v) is 5.87. The molecule has 0 aliphatic heterocycles. The van der Waals surface area contributed by atoms with Crippen LogP contribution in [0.2, 0.25) is 0 Å². The molecule has 4 nitrogen and oxygen atoms in total. The van der Waals surface area contributed by atoms with Crippen molar-refractivity contribution in [2.45, 2.75) is 51.4 Å². The second-order valence-electron chi connectivity index (χ2n) is 5.99. The molecule has 6 heteroatoms. The molecule has 0 amide bonds. The molecule has 0 bridgehead atoms. The second kappa shape index (κ2) is 6.18. The van der Waals surface area contributed by atoms with Gasteiger partial charge in [-0.2, -0.15) is 13.6 Å². The van der Waals surface area contributed by atoms with E-state index in [1.165, 1.54) is 54.4 Å². The monoisotopic (exact) mass is 339 g/mol. The van der Waals surface area contributed by atoms with Gasteiger partial charge in [0.1, 0.15) is 5.75 Å². The van der Waals surface area contributed by atoms with E-state index in [4.69, 9.17) is 9.32 Å². The molecule has 1 fully saturated rings. The molecule has 1 aliphatic rings. The lowest BCUT2D eigenvalue weighted by Crippen LogP contribution is -2.18. The Balaban J connectivity index is 1.99. The molecule has 0 atom stereocenters. The summed E-state index contributed by atoms with van der Waals surface area (Å²) in [7, 11) is -3.97. The Labute approximate surface area is 135 Å². The van der Waals surface area contributed by atoms with Crippen LogP contribution in [0.1, 0.15) is 54.9 Å². The summed E-state index contributed by atoms with van der Waals surface area (Å²) in [5, 5.41) is 6.17. The zero-order valence-electron chi connectivity index (χ0n) is 12.7. The molecule has 0 saturated heterocycles. The van der Waals surface area contributed by atoms with Gasteiger partial charge in [0.15, 0.2) is 0 Å². The zero-order valence-corrected chi connectivity index (χ0v) is 14.3. The molecule has 2 N–H and O–H groups in total. The topological polar surface area (TPSA) is 69.4 Å². The quantitative estimate of drug-likeness (QED) is 0.851. The van der Waals surface area contributed by atoms with Crippen molar-refractivity contribution in [3.05, 3.63) is 28.6 Å². The third-order valence-electron chi connectivity index (χ3n) is 4.36. The first-order valence-electron chi connectivity index (χ1n) is 7.69. The molecule has 1 saturated carbocycles. The molecular formula is C16H21NO3S2. The largest absolute Gasteiger partial charge is 0.380 e. The van der Waals surface area contributed by atoms with Gasteiger partial charge in [0.2, 0.25) is 0 Å². The number of nitrogens with two attached hydrogens (primary N) is 1. The number of rotatable bonds is 3. The molecular weight excluding hydrogens is 318 g/mol. The molecule has 3 rings (SSSR count). The smallest absolute Gasteiger partial charge is 0.371 e. The van der Waals surface area contributed by atoms with E-state index in [0.717, 1.165) is 4.70 Å². The fourth-order valence-electron chi connectivity index (χ4n) is 3.48. The van der Waals surface area contributed by atoms with Crippen LogP contribution < -0.4 is 9.32 Å². The van der Waals surface area contributed by atoms with Gasteiger partial charge in [-0.05, 0) is 54.8 Å². The van der Waals surface area contributed by atoms with Gasteiger partial charge in [-0.3, -0.25) is 0 Å². The van der Waals surface area contributed by atoms with Crippen LogP contribution >= 0.6 is 11.3 Å². The highest BCUT2D eigenvalue weighted by molar-refractivity contribution is 7.84. The molecule has 22 heavy (non-hydrogen) atoms. The van der Waals surface area contributed by atoms with Crippen molar-refractivity contribution in [3.63, 3.8) is 0 Å². The molecule has 0 unspecified atom stereocenters. The standard InChI is InChI=1S/C16H21NO3S2/c1-11-16(12-6-4-2-3-5-7-12)14-9-8-13(10-15(14)21-11)20-22(17,18)19/h8-10,12H,2-7H2,1H3,(H2,17,18,19). The van der Waals surface area contributed by atoms with Gasteiger partial charge in [-0.25, -0.2) is 0 Å². The summed E-state index contributed by atoms with van der Waals surface area (Å²) in [4.78, 5) is 1.33. The maximum Gasteiger partial charge on any atom is 0.380 e. The summed E-state index contributed by atoms with van der Waals surface area (Å²) < 4.78 is 28.0. The Morgan fingerprint density at radius 2 is 1.86 bits per heavy atom. The summed E-state index contributed by atoms with van der Waals surface area (Å²) in [6.45, 7) is 2.16. The highest BCUT2D eigenvalue weighted by Gasteiger charge is 2.21. The number of fused-ring (bicyclic) bond motifs is 1. The van der Waals surface area contributed by atoms with Crippen LogP contribution in [0.5, 0.6) is 5.75 Å². The third kappa shape index (κ3) is 3.45. The lowest BCUT2D eigenvalue weighted by molar-refractivity contribution is 0.488. The van der Waals surface area contributed by atoms with Gasteiger partial charge in [0.05, 0.1) is 0 Å². The van der Waals surface area contributed by atoms with Crippen molar-refractivity contribution in [3.8, 4) is 5.75 Å². The maximum absolute atomic E-state index is 11.1. The van der Waals surface area contributed by atoms with Crippen molar-refractivity contribution in [2.24, 2.45) is 5.14 Å². The Morgan fingerprint density at radius 3 is 2.50 bits per heavy atom. The van der Waals surface area contributed by atoms with Crippen molar-refractivity contribution in [1.29, 1.82) is 0 Å². The van der Waals surface area contributed by atoms with E-state index in [1.54, 1.807) is 23.5 Å². The molecule has 1 aromatic carbocycles. The summed E-state index contributed by atoms with van der Waals surface area (Å²) in [6, 6.07) is 5.44. The first-order chi connectivity index (χ1) is 10.4. The maximum atomic E-state index is 11.1. The normalized spacial score (nSPS) is 17.5. The summed E-state index contributed by atoms with van der Waals surface area (Å²) in [5.41, 5.74) is 1.45. The minimum atomic E-state index is -3.97. The van der Waals surface area contributed by atoms with Crippen molar-refractivity contribution in [1.82, 2.24) is 0 Å². The van der Waals surface area contributed by atoms with Gasteiger partial charge in [-0.15, -0.1) is 11.3 Å². The average Bonchev–Trinajstić information content (AvgIpc) is 2.61. The summed E-state index contributed by atoms with van der Waals surface area (Å²) in [5.74, 6) is 0.907. The van der Waals surface area contributed by atoms with Gasteiger partial charge in [-0.1, -0.05) is 25.7 Å². The number of hydrogen-bond acceptors (Lipinski definition) is 4. The Kier molecular flexibility index (Phi) is 4.43. The van der Waals surface area contributed by atoms with E-state index in [-0.39, 0.29) is 5.75 Å². The van der Waals surface area contributed by atoms with Crippen LogP contribution in [0.15, 0.2) is 18.2 Å². The fraction of sp³-hybridized carbons (Fsp3) is 0.500. The van der Waals surface area contributed by atoms with E-state index in [2.05, 4.69) is 6.92 Å². The van der Waals surface area contributed by atoms with Gasteiger partial charge >= 0.3 is 10.3 Å². The van der Waals surface area contributed by atoms with Crippen molar-refractivity contribution < 1.29 is 12.6 Å². The summed E-state index contributed by atoms with van der Waals surface area (Å²) in [6.07, 6.45) is 7.78. The van der Waals surface area contributed by atoms with Crippen LogP contribution in [0, 0.1) is 6.92 Å². The van der Waals surface area contributed by atoms with Crippen LogP contribution in [0.4, 0.5) is 0 Å². The van der Waals surface area contributed by atoms with Gasteiger partial charge in [0.25, 0.3) is 0 Å². The predicted molar refractivity (Wildman–Crippen MR) is 90.7 cm³/mol. The molecule has 0 radical (unpaired) electrons. The first-order valence-corrected chi connectivity index (χ1v) is 9.98. The highest BCUT2D eigenvalue weighted by atomic mass is 32.2. The molecule has 0 spiro atoms. The van der Waals surface area contributed by atoms with E-state index in [9.17, 15) is 8.42 Å². The lowest BCUT2D eigenvalue weighted by Gasteiger charge is -2.15. The Hall–Kier alpha value is -1.11. The molecule has 1 heterocycles. The molecule has 2 aromatic rings. The zero-order chi connectivity index (χ0) is 15.7.